The van der Waals surface area contributed by atoms with Crippen LogP contribution in [0.3, 0.4) is 0 Å². The molecule has 0 saturated carbocycles. The van der Waals surface area contributed by atoms with Crippen LogP contribution in [-0.2, 0) is 11.3 Å². The maximum atomic E-state index is 10.9. The molecule has 2 atom stereocenters. The highest BCUT2D eigenvalue weighted by molar-refractivity contribution is 9.13. The van der Waals surface area contributed by atoms with E-state index in [1.165, 1.54) is 18.4 Å². The van der Waals surface area contributed by atoms with Gasteiger partial charge in [0, 0.05) is 34.0 Å². The van der Waals surface area contributed by atoms with Crippen molar-refractivity contribution in [3.63, 3.8) is 0 Å². The van der Waals surface area contributed by atoms with Crippen LogP contribution in [0.5, 0.6) is 0 Å². The zero-order valence-electron chi connectivity index (χ0n) is 11.8. The van der Waals surface area contributed by atoms with E-state index in [1.54, 1.807) is 0 Å². The lowest BCUT2D eigenvalue weighted by molar-refractivity contribution is -0.138. The summed E-state index contributed by atoms with van der Waals surface area (Å²) in [7, 11) is 0. The van der Waals surface area contributed by atoms with Gasteiger partial charge in [-0.15, -0.1) is 0 Å². The zero-order valence-corrected chi connectivity index (χ0v) is 14.9. The summed E-state index contributed by atoms with van der Waals surface area (Å²) in [6.45, 7) is 0.973. The minimum Gasteiger partial charge on any atom is -0.481 e. The van der Waals surface area contributed by atoms with Crippen LogP contribution < -0.4 is 0 Å². The molecule has 5 heteroatoms. The average Bonchev–Trinajstić information content (AvgIpc) is 2.65. The van der Waals surface area contributed by atoms with Gasteiger partial charge < -0.3 is 5.11 Å². The van der Waals surface area contributed by atoms with Crippen LogP contribution in [0.25, 0.3) is 0 Å². The predicted molar refractivity (Wildman–Crippen MR) is 89.2 cm³/mol. The maximum absolute atomic E-state index is 10.9. The summed E-state index contributed by atoms with van der Waals surface area (Å²) < 4.78 is 2.17. The number of hydrogen-bond donors (Lipinski definition) is 1. The molecule has 2 unspecified atom stereocenters. The Kier molecular flexibility index (Phi) is 4.71. The maximum Gasteiger partial charge on any atom is 0.303 e. The molecule has 0 radical (unpaired) electrons. The molecule has 0 amide bonds. The molecule has 2 aliphatic rings. The number of aliphatic carboxylic acids is 1. The van der Waals surface area contributed by atoms with E-state index >= 15 is 0 Å². The van der Waals surface area contributed by atoms with E-state index in [0.29, 0.717) is 24.4 Å². The lowest BCUT2D eigenvalue weighted by Crippen LogP contribution is -2.42. The normalized spacial score (nSPS) is 28.8. The van der Waals surface area contributed by atoms with Crippen molar-refractivity contribution in [2.24, 2.45) is 5.92 Å². The standard InChI is InChI=1S/C16H19Br2NO2/c17-14-4-1-10(7-15(14)18)9-19-12-2-3-13(19)6-11(5-12)8-16(20)21/h1,4,7,11-13H,2-3,5-6,8-9H2,(H,20,21). The van der Waals surface area contributed by atoms with Gasteiger partial charge in [-0.3, -0.25) is 9.69 Å². The van der Waals surface area contributed by atoms with Gasteiger partial charge in [0.1, 0.15) is 0 Å². The number of carboxylic acids is 1. The fraction of sp³-hybridized carbons (Fsp3) is 0.562. The highest BCUT2D eigenvalue weighted by Crippen LogP contribution is 2.41. The van der Waals surface area contributed by atoms with Gasteiger partial charge in [-0.2, -0.15) is 0 Å². The third kappa shape index (κ3) is 3.51. The summed E-state index contributed by atoms with van der Waals surface area (Å²) in [5.41, 5.74) is 1.32. The third-order valence-electron chi connectivity index (χ3n) is 4.79. The molecule has 0 spiro atoms. The average molecular weight is 417 g/mol. The van der Waals surface area contributed by atoms with E-state index in [0.717, 1.165) is 28.3 Å². The lowest BCUT2D eigenvalue weighted by Gasteiger charge is -2.38. The number of nitrogens with zero attached hydrogens (tertiary/aromatic N) is 1. The molecule has 2 bridgehead atoms. The molecule has 21 heavy (non-hydrogen) atoms. The minimum atomic E-state index is -0.648. The Bertz CT molecular complexity index is 535. The second kappa shape index (κ2) is 6.39. The highest BCUT2D eigenvalue weighted by atomic mass is 79.9. The van der Waals surface area contributed by atoms with Gasteiger partial charge in [0.2, 0.25) is 0 Å². The molecule has 3 rings (SSSR count). The number of carboxylic acid groups (broad SMARTS) is 1. The molecule has 1 aromatic rings. The van der Waals surface area contributed by atoms with Gasteiger partial charge in [-0.1, -0.05) is 6.07 Å². The minimum absolute atomic E-state index is 0.338. The number of hydrogen-bond acceptors (Lipinski definition) is 2. The van der Waals surface area contributed by atoms with Crippen molar-refractivity contribution in [3.05, 3.63) is 32.7 Å². The number of rotatable bonds is 4. The van der Waals surface area contributed by atoms with E-state index < -0.39 is 5.97 Å². The summed E-state index contributed by atoms with van der Waals surface area (Å²) >= 11 is 7.07. The van der Waals surface area contributed by atoms with E-state index in [4.69, 9.17) is 5.11 Å². The van der Waals surface area contributed by atoms with Gasteiger partial charge in [0.05, 0.1) is 0 Å². The molecule has 2 fully saturated rings. The third-order valence-corrected chi connectivity index (χ3v) is 6.67. The first-order valence-electron chi connectivity index (χ1n) is 7.44. The Morgan fingerprint density at radius 2 is 1.86 bits per heavy atom. The molecule has 1 aromatic carbocycles. The predicted octanol–water partition coefficient (Wildman–Crippen LogP) is 4.43. The monoisotopic (exact) mass is 415 g/mol. The first-order valence-corrected chi connectivity index (χ1v) is 9.03. The van der Waals surface area contributed by atoms with Gasteiger partial charge in [0.25, 0.3) is 0 Å². The van der Waals surface area contributed by atoms with E-state index in [2.05, 4.69) is 55.0 Å². The molecule has 2 aliphatic heterocycles. The Hall–Kier alpha value is -0.390. The molecule has 3 nitrogen and oxygen atoms in total. The van der Waals surface area contributed by atoms with Crippen LogP contribution in [0, 0.1) is 5.92 Å². The number of piperidine rings is 1. The van der Waals surface area contributed by atoms with Crippen LogP contribution in [-0.4, -0.2) is 28.1 Å². The largest absolute Gasteiger partial charge is 0.481 e. The summed E-state index contributed by atoms with van der Waals surface area (Å²) in [4.78, 5) is 13.5. The van der Waals surface area contributed by atoms with E-state index in [1.807, 2.05) is 0 Å². The summed E-state index contributed by atoms with van der Waals surface area (Å²) in [6, 6.07) is 7.55. The summed E-state index contributed by atoms with van der Waals surface area (Å²) in [6.07, 6.45) is 4.86. The molecule has 2 saturated heterocycles. The molecule has 114 valence electrons. The fourth-order valence-electron chi connectivity index (χ4n) is 3.91. The molecule has 0 aromatic heterocycles. The summed E-state index contributed by atoms with van der Waals surface area (Å²) in [5, 5.41) is 8.99. The summed E-state index contributed by atoms with van der Waals surface area (Å²) in [5.74, 6) is -0.280. The SMILES string of the molecule is O=C(O)CC1CC2CCC(C1)N2Cc1ccc(Br)c(Br)c1. The van der Waals surface area contributed by atoms with Crippen LogP contribution in [0.15, 0.2) is 27.1 Å². The fourth-order valence-corrected chi connectivity index (χ4v) is 4.58. The quantitative estimate of drug-likeness (QED) is 0.789. The molecule has 0 aliphatic carbocycles. The van der Waals surface area contributed by atoms with Crippen LogP contribution in [0.4, 0.5) is 0 Å². The van der Waals surface area contributed by atoms with Crippen molar-refractivity contribution >= 4 is 37.8 Å². The Balaban J connectivity index is 1.67. The van der Waals surface area contributed by atoms with Crippen molar-refractivity contribution in [2.75, 3.05) is 0 Å². The van der Waals surface area contributed by atoms with E-state index in [-0.39, 0.29) is 0 Å². The second-order valence-corrected chi connectivity index (χ2v) is 7.95. The van der Waals surface area contributed by atoms with Crippen molar-refractivity contribution in [2.45, 2.75) is 50.7 Å². The van der Waals surface area contributed by atoms with Gasteiger partial charge >= 0.3 is 5.97 Å². The zero-order chi connectivity index (χ0) is 15.0. The first-order chi connectivity index (χ1) is 10.0. The highest BCUT2D eigenvalue weighted by Gasteiger charge is 2.40. The smallest absolute Gasteiger partial charge is 0.303 e. The molecule has 1 N–H and O–H groups in total. The molecular formula is C16H19Br2NO2. The number of carbonyl (C=O) groups is 1. The molecule has 2 heterocycles. The van der Waals surface area contributed by atoms with Crippen molar-refractivity contribution < 1.29 is 9.90 Å². The van der Waals surface area contributed by atoms with Gasteiger partial charge in [-0.25, -0.2) is 0 Å². The van der Waals surface area contributed by atoms with Crippen LogP contribution in [0.2, 0.25) is 0 Å². The Morgan fingerprint density at radius 3 is 2.43 bits per heavy atom. The van der Waals surface area contributed by atoms with Gasteiger partial charge in [-0.05, 0) is 81.2 Å². The Morgan fingerprint density at radius 1 is 1.19 bits per heavy atom. The lowest BCUT2D eigenvalue weighted by atomic mass is 9.88. The van der Waals surface area contributed by atoms with Crippen LogP contribution >= 0.6 is 31.9 Å². The second-order valence-electron chi connectivity index (χ2n) is 6.24. The molecular weight excluding hydrogens is 398 g/mol. The first kappa shape index (κ1) is 15.5. The number of fused-ring (bicyclic) bond motifs is 2. The topological polar surface area (TPSA) is 40.5 Å². The van der Waals surface area contributed by atoms with Crippen molar-refractivity contribution in [1.29, 1.82) is 0 Å². The van der Waals surface area contributed by atoms with E-state index in [9.17, 15) is 4.79 Å². The number of benzene rings is 1. The number of halogens is 2. The van der Waals surface area contributed by atoms with Crippen molar-refractivity contribution in [3.8, 4) is 0 Å². The van der Waals surface area contributed by atoms with Crippen molar-refractivity contribution in [1.82, 2.24) is 4.90 Å². The van der Waals surface area contributed by atoms with Gasteiger partial charge in [0.15, 0.2) is 0 Å². The Labute approximate surface area is 142 Å². The van der Waals surface area contributed by atoms with Crippen LogP contribution in [0.1, 0.15) is 37.7 Å².